The maximum absolute atomic E-state index is 12.7. The summed E-state index contributed by atoms with van der Waals surface area (Å²) >= 11 is 1.61. The third kappa shape index (κ3) is 5.54. The molecule has 1 N–H and O–H groups in total. The van der Waals surface area contributed by atoms with Crippen LogP contribution in [0.15, 0.2) is 23.1 Å². The monoisotopic (exact) mass is 403 g/mol. The van der Waals surface area contributed by atoms with Gasteiger partial charge in [-0.1, -0.05) is 19.3 Å². The topological polar surface area (TPSA) is 98.9 Å². The second-order valence-electron chi connectivity index (χ2n) is 6.15. The number of ether oxygens (including phenoxy) is 1. The van der Waals surface area contributed by atoms with Crippen LogP contribution in [0.5, 0.6) is 0 Å². The number of thioether (sulfide) groups is 1. The summed E-state index contributed by atoms with van der Waals surface area (Å²) in [5.74, 6) is -1.24. The van der Waals surface area contributed by atoms with Crippen LogP contribution in [0.2, 0.25) is 0 Å². The normalized spacial score (nSPS) is 19.0. The van der Waals surface area contributed by atoms with Crippen LogP contribution in [-0.4, -0.2) is 28.3 Å². The lowest BCUT2D eigenvalue weighted by molar-refractivity contribution is -0.385. The first kappa shape index (κ1) is 21.4. The summed E-state index contributed by atoms with van der Waals surface area (Å²) in [6, 6.07) is 4.43. The number of hydrogen-bond acceptors (Lipinski definition) is 6. The molecule has 1 aromatic carbocycles. The maximum Gasteiger partial charge on any atom is 0.361 e. The highest BCUT2D eigenvalue weighted by atomic mass is 32.2. The van der Waals surface area contributed by atoms with Crippen molar-refractivity contribution in [1.29, 1.82) is 0 Å². The van der Waals surface area contributed by atoms with Crippen LogP contribution in [0.1, 0.15) is 57.4 Å². The molecule has 2 rings (SSSR count). The third-order valence-electron chi connectivity index (χ3n) is 4.25. The van der Waals surface area contributed by atoms with E-state index in [4.69, 9.17) is 9.26 Å². The van der Waals surface area contributed by atoms with E-state index in [1.807, 2.05) is 0 Å². The van der Waals surface area contributed by atoms with E-state index < -0.39 is 18.4 Å². The highest BCUT2D eigenvalue weighted by molar-refractivity contribution is 8.00. The van der Waals surface area contributed by atoms with E-state index in [0.717, 1.165) is 30.6 Å². The first-order chi connectivity index (χ1) is 12.4. The molecule has 7 nitrogen and oxygen atoms in total. The number of benzene rings is 1. The lowest BCUT2D eigenvalue weighted by atomic mass is 10.0. The molecule has 2 unspecified atom stereocenters. The van der Waals surface area contributed by atoms with Crippen molar-refractivity contribution >= 4 is 25.0 Å². The highest BCUT2D eigenvalue weighted by Gasteiger charge is 2.37. The van der Waals surface area contributed by atoms with Gasteiger partial charge in [0.05, 0.1) is 11.5 Å². The fourth-order valence-electron chi connectivity index (χ4n) is 3.08. The van der Waals surface area contributed by atoms with Crippen LogP contribution in [0.4, 0.5) is 5.69 Å². The largest absolute Gasteiger partial charge is 0.361 e. The van der Waals surface area contributed by atoms with Gasteiger partial charge < -0.3 is 14.2 Å². The molecule has 9 heteroatoms. The van der Waals surface area contributed by atoms with Crippen LogP contribution in [-0.2, 0) is 13.8 Å². The van der Waals surface area contributed by atoms with E-state index in [-0.39, 0.29) is 18.9 Å². The SMILES string of the molecule is CCOC(c1cc([N+](=O)[O-])ccc1SC1CCCCC1)P(=O)(O)OCC. The summed E-state index contributed by atoms with van der Waals surface area (Å²) in [4.78, 5) is 21.8. The van der Waals surface area contributed by atoms with Crippen molar-refractivity contribution < 1.29 is 23.6 Å². The predicted octanol–water partition coefficient (Wildman–Crippen LogP) is 5.28. The van der Waals surface area contributed by atoms with Gasteiger partial charge in [0.25, 0.3) is 5.69 Å². The second kappa shape index (κ2) is 9.85. The van der Waals surface area contributed by atoms with Crippen molar-refractivity contribution in [3.8, 4) is 0 Å². The molecule has 146 valence electrons. The average molecular weight is 403 g/mol. The highest BCUT2D eigenvalue weighted by Crippen LogP contribution is 2.59. The van der Waals surface area contributed by atoms with Gasteiger partial charge >= 0.3 is 7.60 Å². The summed E-state index contributed by atoms with van der Waals surface area (Å²) in [7, 11) is -4.13. The fraction of sp³-hybridized carbons (Fsp3) is 0.647. The molecule has 0 aromatic heterocycles. The molecule has 0 radical (unpaired) electrons. The standard InChI is InChI=1S/C17H26NO6PS/c1-3-23-17(25(21,22)24-4-2)15-12-13(18(19)20)10-11-16(15)26-14-8-6-5-7-9-14/h10-12,14,17H,3-9H2,1-2H3,(H,21,22). The summed E-state index contributed by atoms with van der Waals surface area (Å²) in [5, 5.41) is 11.6. The predicted molar refractivity (Wildman–Crippen MR) is 102 cm³/mol. The Hall–Kier alpha value is -0.920. The van der Waals surface area contributed by atoms with E-state index in [1.165, 1.54) is 18.6 Å². The van der Waals surface area contributed by atoms with Gasteiger partial charge in [0, 0.05) is 34.4 Å². The van der Waals surface area contributed by atoms with Gasteiger partial charge in [0.2, 0.25) is 0 Å². The van der Waals surface area contributed by atoms with Gasteiger partial charge in [-0.2, -0.15) is 0 Å². The molecule has 0 aliphatic heterocycles. The average Bonchev–Trinajstić information content (AvgIpc) is 2.61. The lowest BCUT2D eigenvalue weighted by Gasteiger charge is -2.26. The minimum absolute atomic E-state index is 0.0530. The smallest absolute Gasteiger partial charge is 0.361 e. The molecule has 1 fully saturated rings. The molecule has 0 heterocycles. The van der Waals surface area contributed by atoms with Gasteiger partial charge in [-0.05, 0) is 32.8 Å². The van der Waals surface area contributed by atoms with Crippen molar-refractivity contribution in [2.24, 2.45) is 0 Å². The molecule has 0 bridgehead atoms. The van der Waals surface area contributed by atoms with E-state index in [9.17, 15) is 19.6 Å². The van der Waals surface area contributed by atoms with E-state index >= 15 is 0 Å². The Bertz CT molecular complexity index is 665. The summed E-state index contributed by atoms with van der Waals surface area (Å²) in [5.41, 5.74) is 0.227. The Morgan fingerprint density at radius 1 is 1.31 bits per heavy atom. The number of non-ortho nitro benzene ring substituents is 1. The Morgan fingerprint density at radius 3 is 2.58 bits per heavy atom. The minimum Gasteiger partial charge on any atom is -0.361 e. The van der Waals surface area contributed by atoms with E-state index in [1.54, 1.807) is 31.7 Å². The number of nitro benzene ring substituents is 1. The molecule has 1 saturated carbocycles. The number of hydrogen-bond donors (Lipinski definition) is 1. The molecule has 0 saturated heterocycles. The molecular weight excluding hydrogens is 377 g/mol. The molecule has 0 spiro atoms. The molecule has 2 atom stereocenters. The molecule has 1 aromatic rings. The zero-order valence-corrected chi connectivity index (χ0v) is 16.8. The van der Waals surface area contributed by atoms with Crippen molar-refractivity contribution in [1.82, 2.24) is 0 Å². The molecule has 1 aliphatic carbocycles. The first-order valence-corrected chi connectivity index (χ1v) is 11.4. The number of rotatable bonds is 9. The number of nitrogens with zero attached hydrogens (tertiary/aromatic N) is 1. The van der Waals surface area contributed by atoms with Crippen LogP contribution in [0.25, 0.3) is 0 Å². The van der Waals surface area contributed by atoms with Gasteiger partial charge in [-0.25, -0.2) is 0 Å². The summed E-state index contributed by atoms with van der Waals surface area (Å²) in [6.45, 7) is 3.58. The van der Waals surface area contributed by atoms with Crippen LogP contribution in [0, 0.1) is 10.1 Å². The maximum atomic E-state index is 12.7. The van der Waals surface area contributed by atoms with Crippen LogP contribution in [0.3, 0.4) is 0 Å². The zero-order chi connectivity index (χ0) is 19.2. The van der Waals surface area contributed by atoms with Crippen LogP contribution >= 0.6 is 19.4 Å². The minimum atomic E-state index is -4.13. The Kier molecular flexibility index (Phi) is 8.10. The molecule has 0 amide bonds. The quantitative estimate of drug-likeness (QED) is 0.340. The third-order valence-corrected chi connectivity index (χ3v) is 7.33. The molecule has 1 aliphatic rings. The Morgan fingerprint density at radius 2 is 2.00 bits per heavy atom. The second-order valence-corrected chi connectivity index (χ2v) is 9.34. The van der Waals surface area contributed by atoms with Gasteiger partial charge in [-0.15, -0.1) is 11.8 Å². The van der Waals surface area contributed by atoms with Gasteiger partial charge in [-0.3, -0.25) is 14.7 Å². The lowest BCUT2D eigenvalue weighted by Crippen LogP contribution is -2.12. The van der Waals surface area contributed by atoms with Gasteiger partial charge in [0.15, 0.2) is 5.85 Å². The van der Waals surface area contributed by atoms with Crippen molar-refractivity contribution in [3.63, 3.8) is 0 Å². The first-order valence-electron chi connectivity index (χ1n) is 8.92. The zero-order valence-electron chi connectivity index (χ0n) is 15.1. The van der Waals surface area contributed by atoms with Crippen molar-refractivity contribution in [2.75, 3.05) is 13.2 Å². The van der Waals surface area contributed by atoms with Crippen molar-refractivity contribution in [3.05, 3.63) is 33.9 Å². The van der Waals surface area contributed by atoms with Crippen molar-refractivity contribution in [2.45, 2.75) is 61.9 Å². The Labute approximate surface area is 158 Å². The number of nitro groups is 1. The summed E-state index contributed by atoms with van der Waals surface area (Å²) < 4.78 is 23.2. The fourth-order valence-corrected chi connectivity index (χ4v) is 5.95. The van der Waals surface area contributed by atoms with Gasteiger partial charge in [0.1, 0.15) is 0 Å². The molecular formula is C17H26NO6PS. The van der Waals surface area contributed by atoms with E-state index in [0.29, 0.717) is 10.8 Å². The van der Waals surface area contributed by atoms with E-state index in [2.05, 4.69) is 0 Å². The summed E-state index contributed by atoms with van der Waals surface area (Å²) in [6.07, 6.45) is 5.69. The molecule has 26 heavy (non-hydrogen) atoms. The Balaban J connectivity index is 2.43. The van der Waals surface area contributed by atoms with Crippen LogP contribution < -0.4 is 0 Å².